The van der Waals surface area contributed by atoms with Gasteiger partial charge in [0.05, 0.1) is 6.54 Å². The monoisotopic (exact) mass is 91.0 g/mol. The Morgan fingerprint density at radius 3 is 3.57 bits per heavy atom. The minimum Gasteiger partial charge on any atom is -0.231 e. The van der Waals surface area contributed by atoms with Gasteiger partial charge in [-0.15, -0.1) is 0 Å². The first-order valence-electron chi connectivity index (χ1n) is 2.15. The topological polar surface area (TPSA) is 12.4 Å². The zero-order valence-electron chi connectivity index (χ0n) is 3.89. The molecule has 34 valence electrons. The van der Waals surface area contributed by atoms with Gasteiger partial charge in [0.1, 0.15) is 0 Å². The number of hydrogen-bond acceptors (Lipinski definition) is 1. The molecular formula is C6H5N. The van der Waals surface area contributed by atoms with Gasteiger partial charge in [0.2, 0.25) is 0 Å². The molecule has 0 N–H and O–H groups in total. The standard InChI is InChI=1S/C6H5N/c1-2-4-6-7-5-3-1/h1-3H,5H2. The molecule has 7 heavy (non-hydrogen) atoms. The predicted molar refractivity (Wildman–Crippen MR) is 29.5 cm³/mol. The third kappa shape index (κ3) is 1.23. The fraction of sp³-hybridized carbons (Fsp3) is 0.167. The smallest absolute Gasteiger partial charge is 0.0675 e. The van der Waals surface area contributed by atoms with Crippen molar-refractivity contribution in [1.29, 1.82) is 0 Å². The summed E-state index contributed by atoms with van der Waals surface area (Å²) in [5.41, 5.74) is 2.72. The van der Waals surface area contributed by atoms with Crippen molar-refractivity contribution in [2.24, 2.45) is 4.99 Å². The molecule has 1 nitrogen and oxygen atoms in total. The summed E-state index contributed by atoms with van der Waals surface area (Å²) >= 11 is 0. The van der Waals surface area contributed by atoms with Crippen LogP contribution in [0, 0.1) is 0 Å². The first-order valence-corrected chi connectivity index (χ1v) is 2.15. The van der Waals surface area contributed by atoms with Gasteiger partial charge in [0.15, 0.2) is 0 Å². The molecule has 0 saturated carbocycles. The molecular weight excluding hydrogens is 86.1 g/mol. The summed E-state index contributed by atoms with van der Waals surface area (Å²) in [5, 5.41) is 0. The lowest BCUT2D eigenvalue weighted by molar-refractivity contribution is 1.27. The van der Waals surface area contributed by atoms with Crippen LogP contribution < -0.4 is 0 Å². The second-order valence-electron chi connectivity index (χ2n) is 1.19. The summed E-state index contributed by atoms with van der Waals surface area (Å²) in [7, 11) is 0. The first-order chi connectivity index (χ1) is 3.50. The number of hydrogen-bond donors (Lipinski definition) is 0. The zero-order valence-corrected chi connectivity index (χ0v) is 3.89. The van der Waals surface area contributed by atoms with Gasteiger partial charge in [-0.05, 0) is 6.08 Å². The van der Waals surface area contributed by atoms with E-state index in [4.69, 9.17) is 0 Å². The molecule has 0 atom stereocenters. The molecule has 0 spiro atoms. The van der Waals surface area contributed by atoms with Crippen LogP contribution in [0.15, 0.2) is 29.0 Å². The largest absolute Gasteiger partial charge is 0.231 e. The number of aliphatic imine (C=N–C) groups is 1. The van der Waals surface area contributed by atoms with E-state index >= 15 is 0 Å². The van der Waals surface area contributed by atoms with Crippen molar-refractivity contribution < 1.29 is 0 Å². The van der Waals surface area contributed by atoms with E-state index in [2.05, 4.69) is 16.6 Å². The fourth-order valence-corrected chi connectivity index (χ4v) is 0.358. The second-order valence-corrected chi connectivity index (χ2v) is 1.19. The Balaban J connectivity index is 2.88. The Morgan fingerprint density at radius 2 is 2.57 bits per heavy atom. The van der Waals surface area contributed by atoms with Crippen LogP contribution in [0.3, 0.4) is 0 Å². The zero-order chi connectivity index (χ0) is 4.95. The van der Waals surface area contributed by atoms with Gasteiger partial charge < -0.3 is 0 Å². The minimum absolute atomic E-state index is 0.740. The maximum Gasteiger partial charge on any atom is 0.0675 e. The number of nitrogens with zero attached hydrogens (tertiary/aromatic N) is 1. The Kier molecular flexibility index (Phi) is 1.30. The van der Waals surface area contributed by atoms with E-state index in [0.717, 1.165) is 6.54 Å². The van der Waals surface area contributed by atoms with E-state index in [0.29, 0.717) is 0 Å². The molecule has 0 aromatic rings. The van der Waals surface area contributed by atoms with Crippen molar-refractivity contribution in [3.8, 4) is 0 Å². The van der Waals surface area contributed by atoms with Crippen LogP contribution in [0.1, 0.15) is 0 Å². The summed E-state index contributed by atoms with van der Waals surface area (Å²) in [5.74, 6) is 2.60. The highest BCUT2D eigenvalue weighted by atomic mass is 14.7. The van der Waals surface area contributed by atoms with Crippen LogP contribution >= 0.6 is 0 Å². The lowest BCUT2D eigenvalue weighted by Gasteiger charge is -1.68. The highest BCUT2D eigenvalue weighted by Gasteiger charge is 1.67. The summed E-state index contributed by atoms with van der Waals surface area (Å²) in [6.07, 6.45) is 5.65. The highest BCUT2D eigenvalue weighted by Crippen LogP contribution is 1.77. The van der Waals surface area contributed by atoms with Crippen molar-refractivity contribution >= 4 is 5.87 Å². The number of allylic oxidation sites excluding steroid dienone is 2. The van der Waals surface area contributed by atoms with Gasteiger partial charge in [-0.1, -0.05) is 17.9 Å². The third-order valence-corrected chi connectivity index (χ3v) is 0.656. The van der Waals surface area contributed by atoms with E-state index in [1.807, 2.05) is 12.2 Å². The predicted octanol–water partition coefficient (Wildman–Crippen LogP) is 0.937. The Hall–Kier alpha value is -1.03. The summed E-state index contributed by atoms with van der Waals surface area (Å²) < 4.78 is 0. The fourth-order valence-electron chi connectivity index (χ4n) is 0.358. The van der Waals surface area contributed by atoms with Gasteiger partial charge in [-0.25, -0.2) is 4.99 Å². The average Bonchev–Trinajstić information content (AvgIpc) is 1.90. The molecule has 0 unspecified atom stereocenters. The van der Waals surface area contributed by atoms with Crippen molar-refractivity contribution in [1.82, 2.24) is 0 Å². The summed E-state index contributed by atoms with van der Waals surface area (Å²) in [6.45, 7) is 0.740. The van der Waals surface area contributed by atoms with Crippen molar-refractivity contribution in [2.75, 3.05) is 6.54 Å². The van der Waals surface area contributed by atoms with Crippen LogP contribution in [-0.2, 0) is 0 Å². The molecule has 0 amide bonds. The molecule has 0 aromatic heterocycles. The first kappa shape index (κ1) is 4.14. The summed E-state index contributed by atoms with van der Waals surface area (Å²) in [4.78, 5) is 3.79. The van der Waals surface area contributed by atoms with Crippen LogP contribution in [0.4, 0.5) is 0 Å². The molecule has 0 fully saturated rings. The van der Waals surface area contributed by atoms with Crippen LogP contribution in [0.2, 0.25) is 0 Å². The van der Waals surface area contributed by atoms with E-state index < -0.39 is 0 Å². The van der Waals surface area contributed by atoms with Crippen molar-refractivity contribution in [2.45, 2.75) is 0 Å². The lowest BCUT2D eigenvalue weighted by Crippen LogP contribution is -1.63. The molecule has 1 heteroatoms. The van der Waals surface area contributed by atoms with Gasteiger partial charge in [0.25, 0.3) is 0 Å². The normalized spacial score (nSPS) is 14.9. The maximum absolute atomic E-state index is 3.79. The molecule has 0 bridgehead atoms. The summed E-state index contributed by atoms with van der Waals surface area (Å²) in [6, 6.07) is 0. The second kappa shape index (κ2) is 2.20. The molecule has 1 aliphatic rings. The molecule has 0 radical (unpaired) electrons. The highest BCUT2D eigenvalue weighted by molar-refractivity contribution is 5.51. The maximum atomic E-state index is 3.79. The number of rotatable bonds is 0. The van der Waals surface area contributed by atoms with E-state index in [9.17, 15) is 0 Å². The molecule has 0 aromatic carbocycles. The van der Waals surface area contributed by atoms with Crippen molar-refractivity contribution in [3.63, 3.8) is 0 Å². The quantitative estimate of drug-likeness (QED) is 0.393. The van der Waals surface area contributed by atoms with E-state index in [1.54, 1.807) is 6.08 Å². The van der Waals surface area contributed by atoms with E-state index in [-0.39, 0.29) is 0 Å². The van der Waals surface area contributed by atoms with Gasteiger partial charge in [0, 0.05) is 5.87 Å². The Labute approximate surface area is 42.4 Å². The molecule has 1 aliphatic heterocycles. The molecule has 0 saturated heterocycles. The molecule has 1 rings (SSSR count). The Bertz CT molecular complexity index is 165. The lowest BCUT2D eigenvalue weighted by atomic mass is 10.5. The minimum atomic E-state index is 0.740. The molecule has 0 aliphatic carbocycles. The van der Waals surface area contributed by atoms with Gasteiger partial charge in [-0.3, -0.25) is 0 Å². The Morgan fingerprint density at radius 1 is 1.57 bits per heavy atom. The molecule has 1 heterocycles. The van der Waals surface area contributed by atoms with Gasteiger partial charge >= 0.3 is 0 Å². The SMILES string of the molecule is C1=C=NCC=CC=1. The van der Waals surface area contributed by atoms with Crippen LogP contribution in [0.25, 0.3) is 0 Å². The average molecular weight is 91.1 g/mol. The van der Waals surface area contributed by atoms with Crippen LogP contribution in [0.5, 0.6) is 0 Å². The van der Waals surface area contributed by atoms with E-state index in [1.165, 1.54) is 0 Å². The third-order valence-electron chi connectivity index (χ3n) is 0.656. The van der Waals surface area contributed by atoms with Crippen molar-refractivity contribution in [3.05, 3.63) is 24.0 Å². The van der Waals surface area contributed by atoms with Gasteiger partial charge in [-0.2, -0.15) is 0 Å². The van der Waals surface area contributed by atoms with Crippen LogP contribution in [-0.4, -0.2) is 12.4 Å².